The molecule has 0 saturated heterocycles. The second-order valence-corrected chi connectivity index (χ2v) is 15.4. The number of carboxylic acid groups (broad SMARTS) is 1. The maximum Gasteiger partial charge on any atom is 0.315 e. The predicted molar refractivity (Wildman–Crippen MR) is 139 cm³/mol. The SMILES string of the molecule is CC(C)(C)[Si](C)(C)OCc1ccc2c(c1)[C@H](C(=O)O)[C@@H](c1ccc(OCc3ccccc3)cc1)O2. The lowest BCUT2D eigenvalue weighted by Crippen LogP contribution is -2.40. The summed E-state index contributed by atoms with van der Waals surface area (Å²) in [7, 11) is -1.91. The number of ether oxygens (including phenoxy) is 2. The summed E-state index contributed by atoms with van der Waals surface area (Å²) in [6, 6.07) is 23.2. The quantitative estimate of drug-likeness (QED) is 0.342. The van der Waals surface area contributed by atoms with Gasteiger partial charge < -0.3 is 19.0 Å². The third kappa shape index (κ3) is 5.60. The molecule has 3 aromatic carbocycles. The smallest absolute Gasteiger partial charge is 0.315 e. The van der Waals surface area contributed by atoms with E-state index in [4.69, 9.17) is 13.9 Å². The molecule has 1 heterocycles. The van der Waals surface area contributed by atoms with Crippen LogP contribution in [0.5, 0.6) is 11.5 Å². The van der Waals surface area contributed by atoms with E-state index in [0.717, 1.165) is 22.4 Å². The highest BCUT2D eigenvalue weighted by molar-refractivity contribution is 6.74. The lowest BCUT2D eigenvalue weighted by atomic mass is 9.90. The molecule has 2 atom stereocenters. The van der Waals surface area contributed by atoms with Crippen LogP contribution in [-0.4, -0.2) is 19.4 Å². The van der Waals surface area contributed by atoms with Gasteiger partial charge in [0.1, 0.15) is 30.1 Å². The van der Waals surface area contributed by atoms with Gasteiger partial charge in [-0.05, 0) is 59.1 Å². The molecule has 0 amide bonds. The molecule has 3 aromatic rings. The van der Waals surface area contributed by atoms with Crippen molar-refractivity contribution < 1.29 is 23.8 Å². The molecule has 0 radical (unpaired) electrons. The molecule has 6 heteroatoms. The number of rotatable bonds is 8. The van der Waals surface area contributed by atoms with Gasteiger partial charge in [0, 0.05) is 5.56 Å². The summed E-state index contributed by atoms with van der Waals surface area (Å²) >= 11 is 0. The molecule has 5 nitrogen and oxygen atoms in total. The third-order valence-corrected chi connectivity index (χ3v) is 11.6. The fourth-order valence-electron chi connectivity index (χ4n) is 3.90. The van der Waals surface area contributed by atoms with Gasteiger partial charge in [0.25, 0.3) is 0 Å². The Balaban J connectivity index is 1.48. The van der Waals surface area contributed by atoms with Crippen molar-refractivity contribution in [3.63, 3.8) is 0 Å². The van der Waals surface area contributed by atoms with Gasteiger partial charge in [-0.1, -0.05) is 69.3 Å². The van der Waals surface area contributed by atoms with Crippen molar-refractivity contribution in [1.29, 1.82) is 0 Å². The Hall–Kier alpha value is -3.09. The van der Waals surface area contributed by atoms with E-state index in [2.05, 4.69) is 33.9 Å². The van der Waals surface area contributed by atoms with Crippen molar-refractivity contribution in [3.05, 3.63) is 95.1 Å². The predicted octanol–water partition coefficient (Wildman–Crippen LogP) is 7.09. The van der Waals surface area contributed by atoms with Gasteiger partial charge in [-0.3, -0.25) is 4.79 Å². The van der Waals surface area contributed by atoms with E-state index in [1.54, 1.807) is 0 Å². The minimum atomic E-state index is -1.91. The van der Waals surface area contributed by atoms with Crippen LogP contribution in [0, 0.1) is 0 Å². The number of hydrogen-bond donors (Lipinski definition) is 1. The topological polar surface area (TPSA) is 65.0 Å². The Bertz CT molecular complexity index is 1170. The molecule has 0 aromatic heterocycles. The zero-order chi connectivity index (χ0) is 25.2. The summed E-state index contributed by atoms with van der Waals surface area (Å²) in [6.07, 6.45) is -0.595. The van der Waals surface area contributed by atoms with E-state index in [1.807, 2.05) is 72.8 Å². The van der Waals surface area contributed by atoms with Crippen LogP contribution in [0.1, 0.15) is 55.0 Å². The zero-order valence-electron chi connectivity index (χ0n) is 21.1. The Labute approximate surface area is 208 Å². The highest BCUT2D eigenvalue weighted by Crippen LogP contribution is 2.47. The molecule has 184 valence electrons. The fraction of sp³-hybridized carbons (Fsp3) is 0.345. The number of carbonyl (C=O) groups is 1. The minimum absolute atomic E-state index is 0.110. The highest BCUT2D eigenvalue weighted by atomic mass is 28.4. The Kier molecular flexibility index (Phi) is 7.06. The molecule has 1 aliphatic rings. The van der Waals surface area contributed by atoms with Gasteiger partial charge in [-0.25, -0.2) is 0 Å². The Morgan fingerprint density at radius 2 is 1.63 bits per heavy atom. The molecule has 1 aliphatic heterocycles. The summed E-state index contributed by atoms with van der Waals surface area (Å²) in [6.45, 7) is 12.0. The van der Waals surface area contributed by atoms with E-state index in [1.165, 1.54) is 0 Å². The molecule has 0 unspecified atom stereocenters. The molecule has 0 fully saturated rings. The van der Waals surface area contributed by atoms with Crippen molar-refractivity contribution in [2.75, 3.05) is 0 Å². The lowest BCUT2D eigenvalue weighted by molar-refractivity contribution is -0.140. The second-order valence-electron chi connectivity index (χ2n) is 10.6. The van der Waals surface area contributed by atoms with Crippen LogP contribution >= 0.6 is 0 Å². The largest absolute Gasteiger partial charge is 0.489 e. The number of carboxylic acids is 1. The van der Waals surface area contributed by atoms with Crippen LogP contribution in [0.4, 0.5) is 0 Å². The van der Waals surface area contributed by atoms with E-state index >= 15 is 0 Å². The first-order valence-corrected chi connectivity index (χ1v) is 14.9. The number of fused-ring (bicyclic) bond motifs is 1. The van der Waals surface area contributed by atoms with Crippen LogP contribution < -0.4 is 9.47 Å². The molecule has 4 rings (SSSR count). The number of hydrogen-bond acceptors (Lipinski definition) is 4. The lowest BCUT2D eigenvalue weighted by Gasteiger charge is -2.36. The van der Waals surface area contributed by atoms with Gasteiger partial charge in [0.15, 0.2) is 8.32 Å². The average Bonchev–Trinajstić information content (AvgIpc) is 3.21. The van der Waals surface area contributed by atoms with Crippen LogP contribution in [0.3, 0.4) is 0 Å². The summed E-state index contributed by atoms with van der Waals surface area (Å²) in [4.78, 5) is 12.3. The Morgan fingerprint density at radius 3 is 2.26 bits per heavy atom. The molecule has 0 saturated carbocycles. The molecule has 35 heavy (non-hydrogen) atoms. The first kappa shape index (κ1) is 25.0. The van der Waals surface area contributed by atoms with Crippen molar-refractivity contribution in [3.8, 4) is 11.5 Å². The second kappa shape index (κ2) is 9.88. The first-order valence-electron chi connectivity index (χ1n) is 12.0. The molecular weight excluding hydrogens is 456 g/mol. The summed E-state index contributed by atoms with van der Waals surface area (Å²) < 4.78 is 18.4. The molecule has 0 spiro atoms. The first-order chi connectivity index (χ1) is 16.5. The van der Waals surface area contributed by atoms with Crippen molar-refractivity contribution in [2.24, 2.45) is 0 Å². The average molecular weight is 491 g/mol. The van der Waals surface area contributed by atoms with Crippen LogP contribution in [0.15, 0.2) is 72.8 Å². The summed E-state index contributed by atoms with van der Waals surface area (Å²) in [5.74, 6) is -0.345. The highest BCUT2D eigenvalue weighted by Gasteiger charge is 2.41. The fourth-order valence-corrected chi connectivity index (χ4v) is 4.86. The maximum absolute atomic E-state index is 12.3. The molecule has 1 N–H and O–H groups in total. The van der Waals surface area contributed by atoms with Gasteiger partial charge >= 0.3 is 5.97 Å². The van der Waals surface area contributed by atoms with E-state index < -0.39 is 26.3 Å². The zero-order valence-corrected chi connectivity index (χ0v) is 22.1. The van der Waals surface area contributed by atoms with Gasteiger partial charge in [-0.2, -0.15) is 0 Å². The standard InChI is InChI=1S/C29H34O5Si/c1-29(2,3)35(4,5)33-19-21-11-16-25-24(17-21)26(28(30)31)27(34-25)22-12-14-23(15-13-22)32-18-20-9-7-6-8-10-20/h6-17,26-27H,18-19H2,1-5H3,(H,30,31)/t26-,27+/m0/s1. The van der Waals surface area contributed by atoms with Crippen LogP contribution in [0.2, 0.25) is 18.1 Å². The van der Waals surface area contributed by atoms with Crippen molar-refractivity contribution in [1.82, 2.24) is 0 Å². The minimum Gasteiger partial charge on any atom is -0.489 e. The normalized spacial score (nSPS) is 17.5. The van der Waals surface area contributed by atoms with Crippen molar-refractivity contribution in [2.45, 2.75) is 64.1 Å². The molecular formula is C29H34O5Si. The van der Waals surface area contributed by atoms with Crippen molar-refractivity contribution >= 4 is 14.3 Å². The van der Waals surface area contributed by atoms with Gasteiger partial charge in [-0.15, -0.1) is 0 Å². The molecule has 0 aliphatic carbocycles. The number of aliphatic carboxylic acids is 1. The third-order valence-electron chi connectivity index (χ3n) is 7.09. The maximum atomic E-state index is 12.3. The van der Waals surface area contributed by atoms with Crippen LogP contribution in [0.25, 0.3) is 0 Å². The van der Waals surface area contributed by atoms with E-state index in [-0.39, 0.29) is 5.04 Å². The van der Waals surface area contributed by atoms with E-state index in [9.17, 15) is 9.90 Å². The van der Waals surface area contributed by atoms with Crippen LogP contribution in [-0.2, 0) is 22.4 Å². The van der Waals surface area contributed by atoms with Gasteiger partial charge in [0.2, 0.25) is 0 Å². The monoisotopic (exact) mass is 490 g/mol. The summed E-state index contributed by atoms with van der Waals surface area (Å²) in [5, 5.41) is 10.2. The van der Waals surface area contributed by atoms with E-state index in [0.29, 0.717) is 24.5 Å². The Morgan fingerprint density at radius 1 is 0.943 bits per heavy atom. The van der Waals surface area contributed by atoms with Gasteiger partial charge in [0.05, 0.1) is 6.61 Å². The summed E-state index contributed by atoms with van der Waals surface area (Å²) in [5.41, 5.74) is 3.56. The molecule has 0 bridgehead atoms. The number of benzene rings is 3.